The highest BCUT2D eigenvalue weighted by Crippen LogP contribution is 2.54. The molecule has 1 aromatic carbocycles. The minimum Gasteiger partial charge on any atom is -0.389 e. The van der Waals surface area contributed by atoms with Crippen LogP contribution in [0, 0.1) is 5.41 Å². The van der Waals surface area contributed by atoms with Gasteiger partial charge in [0.05, 0.1) is 35.8 Å². The molecule has 5 heteroatoms. The molecule has 1 fully saturated rings. The van der Waals surface area contributed by atoms with Crippen LogP contribution in [0.5, 0.6) is 0 Å². The second kappa shape index (κ2) is 3.70. The number of nitrogens with zero attached hydrogens (tertiary/aromatic N) is 2. The van der Waals surface area contributed by atoms with Gasteiger partial charge in [-0.25, -0.2) is 4.98 Å². The van der Waals surface area contributed by atoms with Crippen molar-refractivity contribution in [3.8, 4) is 11.3 Å². The van der Waals surface area contributed by atoms with Crippen LogP contribution in [-0.2, 0) is 4.79 Å². The fraction of sp³-hybridized carbons (Fsp3) is 0.333. The van der Waals surface area contributed by atoms with E-state index in [4.69, 9.17) is 5.73 Å². The first kappa shape index (κ1) is 11.7. The Hall–Kier alpha value is -2.14. The van der Waals surface area contributed by atoms with Crippen molar-refractivity contribution in [1.29, 1.82) is 0 Å². The molecule has 5 nitrogen and oxygen atoms in total. The van der Waals surface area contributed by atoms with E-state index in [0.29, 0.717) is 12.8 Å². The number of carbonyl (C=O) groups is 1. The molecule has 1 aromatic heterocycles. The zero-order chi connectivity index (χ0) is 13.9. The molecule has 1 saturated carbocycles. The van der Waals surface area contributed by atoms with Crippen molar-refractivity contribution in [2.75, 3.05) is 0 Å². The lowest BCUT2D eigenvalue weighted by Crippen LogP contribution is -2.40. The molecule has 0 bridgehead atoms. The summed E-state index contributed by atoms with van der Waals surface area (Å²) in [5, 5.41) is 10.8. The number of fused-ring (bicyclic) bond motifs is 3. The lowest BCUT2D eigenvalue weighted by Gasteiger charge is -2.27. The molecule has 2 aliphatic rings. The predicted molar refractivity (Wildman–Crippen MR) is 72.7 cm³/mol. The number of amides is 1. The van der Waals surface area contributed by atoms with Crippen LogP contribution in [0.2, 0.25) is 0 Å². The third-order valence-electron chi connectivity index (χ3n) is 4.67. The molecule has 0 unspecified atom stereocenters. The first-order chi connectivity index (χ1) is 9.65. The van der Waals surface area contributed by atoms with Gasteiger partial charge in [-0.05, 0) is 18.4 Å². The Kier molecular flexibility index (Phi) is 2.16. The van der Waals surface area contributed by atoms with Gasteiger partial charge in [-0.15, -0.1) is 0 Å². The molecule has 102 valence electrons. The van der Waals surface area contributed by atoms with E-state index in [0.717, 1.165) is 16.8 Å². The second-order valence-electron chi connectivity index (χ2n) is 5.68. The van der Waals surface area contributed by atoms with E-state index in [1.54, 1.807) is 12.5 Å². The number of nitrogens with two attached hydrogens (primary N) is 1. The largest absolute Gasteiger partial charge is 0.389 e. The van der Waals surface area contributed by atoms with Gasteiger partial charge in [0.1, 0.15) is 0 Å². The SMILES string of the molecule is NC(=O)C1([C@H](O)[C@H]2c3ccccc3-c3cncn32)CC1. The molecule has 2 atom stereocenters. The number of hydrogen-bond donors (Lipinski definition) is 2. The van der Waals surface area contributed by atoms with E-state index in [9.17, 15) is 9.90 Å². The molecule has 3 N–H and O–H groups in total. The molecule has 4 rings (SSSR count). The van der Waals surface area contributed by atoms with Gasteiger partial charge in [-0.3, -0.25) is 4.79 Å². The monoisotopic (exact) mass is 269 g/mol. The summed E-state index contributed by atoms with van der Waals surface area (Å²) in [7, 11) is 0. The third kappa shape index (κ3) is 1.30. The van der Waals surface area contributed by atoms with Crippen molar-refractivity contribution in [3.05, 3.63) is 42.4 Å². The summed E-state index contributed by atoms with van der Waals surface area (Å²) in [5.41, 5.74) is 7.79. The normalized spacial score (nSPS) is 22.9. The van der Waals surface area contributed by atoms with Crippen LogP contribution in [0.3, 0.4) is 0 Å². The van der Waals surface area contributed by atoms with E-state index in [-0.39, 0.29) is 6.04 Å². The molecule has 2 aromatic rings. The van der Waals surface area contributed by atoms with Gasteiger partial charge in [0.15, 0.2) is 0 Å². The highest BCUT2D eigenvalue weighted by atomic mass is 16.3. The summed E-state index contributed by atoms with van der Waals surface area (Å²) in [5.74, 6) is -0.406. The summed E-state index contributed by atoms with van der Waals surface area (Å²) in [6, 6.07) is 7.64. The molecule has 0 saturated heterocycles. The minimum absolute atomic E-state index is 0.279. The number of carbonyl (C=O) groups excluding carboxylic acids is 1. The van der Waals surface area contributed by atoms with Crippen LogP contribution in [0.1, 0.15) is 24.4 Å². The molecule has 2 heterocycles. The quantitative estimate of drug-likeness (QED) is 0.874. The third-order valence-corrected chi connectivity index (χ3v) is 4.67. The van der Waals surface area contributed by atoms with E-state index in [2.05, 4.69) is 4.98 Å². The van der Waals surface area contributed by atoms with Crippen molar-refractivity contribution in [2.45, 2.75) is 25.0 Å². The van der Waals surface area contributed by atoms with Crippen molar-refractivity contribution in [1.82, 2.24) is 9.55 Å². The molecule has 0 spiro atoms. The van der Waals surface area contributed by atoms with Gasteiger partial charge in [0.2, 0.25) is 5.91 Å². The number of primary amides is 1. The number of benzene rings is 1. The van der Waals surface area contributed by atoms with Gasteiger partial charge >= 0.3 is 0 Å². The van der Waals surface area contributed by atoms with E-state index in [1.165, 1.54) is 0 Å². The molecule has 0 radical (unpaired) electrons. The molecular weight excluding hydrogens is 254 g/mol. The maximum atomic E-state index is 11.7. The Morgan fingerprint density at radius 2 is 2.20 bits per heavy atom. The Morgan fingerprint density at radius 3 is 2.90 bits per heavy atom. The fourth-order valence-electron chi connectivity index (χ4n) is 3.32. The smallest absolute Gasteiger partial charge is 0.226 e. The van der Waals surface area contributed by atoms with E-state index in [1.807, 2.05) is 28.8 Å². The van der Waals surface area contributed by atoms with Crippen molar-refractivity contribution >= 4 is 5.91 Å². The first-order valence-corrected chi connectivity index (χ1v) is 6.74. The molecule has 20 heavy (non-hydrogen) atoms. The Balaban J connectivity index is 1.85. The maximum Gasteiger partial charge on any atom is 0.226 e. The number of aliphatic hydroxyl groups excluding tert-OH is 1. The summed E-state index contributed by atoms with van der Waals surface area (Å²) in [4.78, 5) is 15.8. The standard InChI is InChI=1S/C15H15N3O2/c16-14(20)15(5-6-15)13(19)12-10-4-2-1-3-9(10)11-7-17-8-18(11)12/h1-4,7-8,12-13,19H,5-6H2,(H2,16,20)/t12-,13-/m1/s1. The summed E-state index contributed by atoms with van der Waals surface area (Å²) in [6.45, 7) is 0. The summed E-state index contributed by atoms with van der Waals surface area (Å²) >= 11 is 0. The molecular formula is C15H15N3O2. The van der Waals surface area contributed by atoms with Gasteiger partial charge in [0.25, 0.3) is 0 Å². The molecule has 1 aliphatic heterocycles. The maximum absolute atomic E-state index is 11.7. The van der Waals surface area contributed by atoms with Crippen LogP contribution in [0.4, 0.5) is 0 Å². The minimum atomic E-state index is -0.809. The zero-order valence-corrected chi connectivity index (χ0v) is 10.9. The second-order valence-corrected chi connectivity index (χ2v) is 5.68. The predicted octanol–water partition coefficient (Wildman–Crippen LogP) is 1.08. The van der Waals surface area contributed by atoms with Gasteiger partial charge < -0.3 is 15.4 Å². The number of aliphatic hydroxyl groups is 1. The van der Waals surface area contributed by atoms with E-state index >= 15 is 0 Å². The van der Waals surface area contributed by atoms with Crippen LogP contribution in [0.25, 0.3) is 11.3 Å². The van der Waals surface area contributed by atoms with Crippen LogP contribution >= 0.6 is 0 Å². The highest BCUT2D eigenvalue weighted by Gasteiger charge is 2.58. The highest BCUT2D eigenvalue weighted by molar-refractivity contribution is 5.85. The molecule has 1 amide bonds. The lowest BCUT2D eigenvalue weighted by molar-refractivity contribution is -0.128. The molecule has 1 aliphatic carbocycles. The fourth-order valence-corrected chi connectivity index (χ4v) is 3.32. The first-order valence-electron chi connectivity index (χ1n) is 6.74. The summed E-state index contributed by atoms with van der Waals surface area (Å²) < 4.78 is 1.94. The van der Waals surface area contributed by atoms with Crippen molar-refractivity contribution < 1.29 is 9.90 Å². The number of rotatable bonds is 3. The average Bonchev–Trinajstić information content (AvgIpc) is 3.03. The van der Waals surface area contributed by atoms with E-state index < -0.39 is 17.4 Å². The average molecular weight is 269 g/mol. The van der Waals surface area contributed by atoms with Crippen molar-refractivity contribution in [2.24, 2.45) is 11.1 Å². The number of aromatic nitrogens is 2. The van der Waals surface area contributed by atoms with Crippen LogP contribution < -0.4 is 5.73 Å². The zero-order valence-electron chi connectivity index (χ0n) is 10.9. The van der Waals surface area contributed by atoms with Crippen LogP contribution in [-0.4, -0.2) is 26.7 Å². The van der Waals surface area contributed by atoms with Gasteiger partial charge in [0, 0.05) is 5.56 Å². The number of imidazole rings is 1. The van der Waals surface area contributed by atoms with Gasteiger partial charge in [-0.2, -0.15) is 0 Å². The number of hydrogen-bond acceptors (Lipinski definition) is 3. The topological polar surface area (TPSA) is 81.1 Å². The Labute approximate surface area is 116 Å². The van der Waals surface area contributed by atoms with Crippen LogP contribution in [0.15, 0.2) is 36.8 Å². The van der Waals surface area contributed by atoms with Gasteiger partial charge in [-0.1, -0.05) is 24.3 Å². The Morgan fingerprint density at radius 1 is 1.45 bits per heavy atom. The lowest BCUT2D eigenvalue weighted by atomic mass is 9.88. The van der Waals surface area contributed by atoms with Crippen molar-refractivity contribution in [3.63, 3.8) is 0 Å². The summed E-state index contributed by atoms with van der Waals surface area (Å²) in [6.07, 6.45) is 4.00. The Bertz CT molecular complexity index is 703.